The van der Waals surface area contributed by atoms with E-state index in [9.17, 15) is 18.3 Å². The molecule has 1 saturated heterocycles. The monoisotopic (exact) mass is 455 g/mol. The first-order chi connectivity index (χ1) is 15.9. The fraction of sp³-hybridized carbons (Fsp3) is 0.444. The third-order valence-corrected chi connectivity index (χ3v) is 6.75. The topological polar surface area (TPSA) is 36.0 Å². The molecule has 6 heteroatoms. The van der Waals surface area contributed by atoms with Crippen molar-refractivity contribution in [2.24, 2.45) is 5.92 Å². The Kier molecular flexibility index (Phi) is 7.41. The van der Waals surface area contributed by atoms with Gasteiger partial charge in [-0.3, -0.25) is 5.11 Å². The van der Waals surface area contributed by atoms with Crippen LogP contribution in [0.1, 0.15) is 56.1 Å². The van der Waals surface area contributed by atoms with Crippen molar-refractivity contribution in [1.82, 2.24) is 4.98 Å². The summed E-state index contributed by atoms with van der Waals surface area (Å²) < 4.78 is 37.9. The number of aryl methyl sites for hydroxylation is 1. The lowest BCUT2D eigenvalue weighted by Gasteiger charge is -2.34. The molecule has 0 saturated carbocycles. The minimum Gasteiger partial charge on any atom is -0.371 e. The van der Waals surface area contributed by atoms with Gasteiger partial charge in [-0.25, -0.2) is 4.98 Å². The third kappa shape index (κ3) is 6.18. The fourth-order valence-electron chi connectivity index (χ4n) is 4.83. The number of hydrogen-bond donors (Lipinski definition) is 0. The first kappa shape index (κ1) is 23.4. The summed E-state index contributed by atoms with van der Waals surface area (Å²) in [4.78, 5) is 6.53. The number of benzene rings is 2. The standard InChI is InChI=1S/C27H30F3N2O/c28-27(29,30)22-12-10-20(11-13-22)6-3-1-2-4-7-21-16-18-32(19-17-21)25-9-5-8-24-23(25)14-15-26(33)31-24/h5,8-15,21H,1-4,6-7,16-19H2. The van der Waals surface area contributed by atoms with Crippen LogP contribution < -0.4 is 4.90 Å². The zero-order valence-electron chi connectivity index (χ0n) is 18.8. The normalized spacial score (nSPS) is 15.3. The molecule has 1 radical (unpaired) electrons. The van der Waals surface area contributed by atoms with Crippen LogP contribution in [0.5, 0.6) is 5.88 Å². The van der Waals surface area contributed by atoms with Crippen molar-refractivity contribution < 1.29 is 18.3 Å². The van der Waals surface area contributed by atoms with Crippen LogP contribution in [-0.2, 0) is 17.7 Å². The number of halogens is 3. The predicted octanol–water partition coefficient (Wildman–Crippen LogP) is 7.81. The summed E-state index contributed by atoms with van der Waals surface area (Å²) in [6.07, 6.45) is 4.69. The second-order valence-electron chi connectivity index (χ2n) is 9.07. The van der Waals surface area contributed by atoms with E-state index in [-0.39, 0.29) is 5.88 Å². The molecule has 2 aromatic carbocycles. The summed E-state index contributed by atoms with van der Waals surface area (Å²) in [5.74, 6) is 0.551. The maximum absolute atomic E-state index is 12.6. The van der Waals surface area contributed by atoms with Crippen LogP contribution in [0.2, 0.25) is 0 Å². The van der Waals surface area contributed by atoms with Crippen LogP contribution in [0.15, 0.2) is 54.6 Å². The van der Waals surface area contributed by atoms with E-state index in [4.69, 9.17) is 0 Å². The Balaban J connectivity index is 1.14. The Morgan fingerprint density at radius 3 is 2.33 bits per heavy atom. The molecule has 1 aliphatic rings. The van der Waals surface area contributed by atoms with Gasteiger partial charge >= 0.3 is 6.18 Å². The van der Waals surface area contributed by atoms with Crippen molar-refractivity contribution in [3.05, 3.63) is 65.7 Å². The number of anilines is 1. The van der Waals surface area contributed by atoms with Gasteiger partial charge in [0.15, 0.2) is 0 Å². The molecule has 3 aromatic rings. The Bertz CT molecular complexity index is 1040. The van der Waals surface area contributed by atoms with E-state index in [0.29, 0.717) is 0 Å². The number of piperidine rings is 1. The first-order valence-corrected chi connectivity index (χ1v) is 11.9. The lowest BCUT2D eigenvalue weighted by Crippen LogP contribution is -2.33. The molecule has 0 bridgehead atoms. The smallest absolute Gasteiger partial charge is 0.371 e. The zero-order valence-corrected chi connectivity index (χ0v) is 18.8. The highest BCUT2D eigenvalue weighted by Gasteiger charge is 2.29. The van der Waals surface area contributed by atoms with Gasteiger partial charge in [0.2, 0.25) is 0 Å². The Morgan fingerprint density at radius 1 is 0.879 bits per heavy atom. The second kappa shape index (κ2) is 10.4. The average Bonchev–Trinajstić information content (AvgIpc) is 2.81. The number of rotatable bonds is 8. The van der Waals surface area contributed by atoms with Crippen molar-refractivity contribution in [3.63, 3.8) is 0 Å². The van der Waals surface area contributed by atoms with Crippen molar-refractivity contribution in [3.8, 4) is 5.88 Å². The van der Waals surface area contributed by atoms with E-state index in [1.165, 1.54) is 56.0 Å². The molecule has 0 atom stereocenters. The molecule has 3 nitrogen and oxygen atoms in total. The molecule has 33 heavy (non-hydrogen) atoms. The van der Waals surface area contributed by atoms with E-state index in [1.54, 1.807) is 12.1 Å². The summed E-state index contributed by atoms with van der Waals surface area (Å²) in [5.41, 5.74) is 2.33. The molecule has 1 aliphatic heterocycles. The van der Waals surface area contributed by atoms with Crippen molar-refractivity contribution in [2.75, 3.05) is 18.0 Å². The molecule has 1 fully saturated rings. The highest BCUT2D eigenvalue weighted by molar-refractivity contribution is 5.92. The zero-order chi connectivity index (χ0) is 23.3. The van der Waals surface area contributed by atoms with Gasteiger partial charge < -0.3 is 4.90 Å². The molecular weight excluding hydrogens is 425 g/mol. The maximum atomic E-state index is 12.6. The third-order valence-electron chi connectivity index (χ3n) is 6.75. The number of pyridine rings is 1. The van der Waals surface area contributed by atoms with Crippen LogP contribution in [0.3, 0.4) is 0 Å². The van der Waals surface area contributed by atoms with Gasteiger partial charge in [-0.2, -0.15) is 13.2 Å². The molecule has 2 heterocycles. The first-order valence-electron chi connectivity index (χ1n) is 11.9. The molecule has 0 amide bonds. The van der Waals surface area contributed by atoms with Gasteiger partial charge in [-0.05, 0) is 67.5 Å². The second-order valence-corrected chi connectivity index (χ2v) is 9.07. The Labute approximate surface area is 193 Å². The molecule has 4 rings (SSSR count). The van der Waals surface area contributed by atoms with Gasteiger partial charge in [0, 0.05) is 30.2 Å². The Hall–Kier alpha value is -2.76. The maximum Gasteiger partial charge on any atom is 0.416 e. The summed E-state index contributed by atoms with van der Waals surface area (Å²) in [7, 11) is 0. The number of fused-ring (bicyclic) bond motifs is 1. The van der Waals surface area contributed by atoms with Gasteiger partial charge in [0.05, 0.1) is 11.1 Å². The van der Waals surface area contributed by atoms with Crippen molar-refractivity contribution >= 4 is 16.6 Å². The van der Waals surface area contributed by atoms with Crippen molar-refractivity contribution in [2.45, 2.75) is 57.5 Å². The van der Waals surface area contributed by atoms with Crippen LogP contribution in [0.4, 0.5) is 18.9 Å². The molecule has 0 aliphatic carbocycles. The summed E-state index contributed by atoms with van der Waals surface area (Å²) in [5, 5.41) is 12.6. The fourth-order valence-corrected chi connectivity index (χ4v) is 4.83. The number of alkyl halides is 3. The SMILES string of the molecule is [O]c1ccc2c(N3CCC(CCCCCCc4ccc(C(F)(F)F)cc4)CC3)cccc2n1. The van der Waals surface area contributed by atoms with E-state index in [1.807, 2.05) is 18.2 Å². The number of hydrogen-bond acceptors (Lipinski definition) is 2. The molecule has 0 N–H and O–H groups in total. The molecule has 1 aromatic heterocycles. The van der Waals surface area contributed by atoms with E-state index in [2.05, 4.69) is 16.0 Å². The number of unbranched alkanes of at least 4 members (excludes halogenated alkanes) is 3. The van der Waals surface area contributed by atoms with E-state index < -0.39 is 11.7 Å². The van der Waals surface area contributed by atoms with Crippen LogP contribution in [0.25, 0.3) is 10.9 Å². The van der Waals surface area contributed by atoms with Crippen LogP contribution in [-0.4, -0.2) is 18.1 Å². The number of aromatic nitrogens is 1. The summed E-state index contributed by atoms with van der Waals surface area (Å²) in [6, 6.07) is 15.0. The predicted molar refractivity (Wildman–Crippen MR) is 125 cm³/mol. The lowest BCUT2D eigenvalue weighted by atomic mass is 9.90. The Morgan fingerprint density at radius 2 is 1.61 bits per heavy atom. The van der Waals surface area contributed by atoms with Gasteiger partial charge in [-0.1, -0.05) is 43.9 Å². The van der Waals surface area contributed by atoms with E-state index >= 15 is 0 Å². The molecular formula is C27H30F3N2O. The molecule has 175 valence electrons. The highest BCUT2D eigenvalue weighted by Crippen LogP contribution is 2.32. The van der Waals surface area contributed by atoms with Crippen LogP contribution in [0, 0.1) is 5.92 Å². The largest absolute Gasteiger partial charge is 0.416 e. The lowest BCUT2D eigenvalue weighted by molar-refractivity contribution is -0.137. The van der Waals surface area contributed by atoms with Crippen molar-refractivity contribution in [1.29, 1.82) is 0 Å². The minimum atomic E-state index is -4.26. The summed E-state index contributed by atoms with van der Waals surface area (Å²) >= 11 is 0. The number of nitrogens with zero attached hydrogens (tertiary/aromatic N) is 2. The average molecular weight is 456 g/mol. The van der Waals surface area contributed by atoms with Gasteiger partial charge in [0.25, 0.3) is 5.88 Å². The van der Waals surface area contributed by atoms with Gasteiger partial charge in [-0.15, -0.1) is 0 Å². The molecule has 0 spiro atoms. The van der Waals surface area contributed by atoms with Crippen LogP contribution >= 0.6 is 0 Å². The molecule has 0 unspecified atom stereocenters. The minimum absolute atomic E-state index is 0.197. The van der Waals surface area contributed by atoms with Gasteiger partial charge in [0.1, 0.15) is 0 Å². The van der Waals surface area contributed by atoms with E-state index in [0.717, 1.165) is 54.7 Å². The highest BCUT2D eigenvalue weighted by atomic mass is 19.4. The quantitative estimate of drug-likeness (QED) is 0.325. The summed E-state index contributed by atoms with van der Waals surface area (Å²) in [6.45, 7) is 2.05.